The van der Waals surface area contributed by atoms with Crippen molar-refractivity contribution in [1.82, 2.24) is 15.4 Å². The predicted molar refractivity (Wildman–Crippen MR) is 108 cm³/mol. The van der Waals surface area contributed by atoms with E-state index in [1.807, 2.05) is 0 Å². The zero-order valence-electron chi connectivity index (χ0n) is 16.8. The van der Waals surface area contributed by atoms with Gasteiger partial charge in [-0.25, -0.2) is 13.1 Å². The van der Waals surface area contributed by atoms with Crippen LogP contribution in [-0.2, 0) is 19.5 Å². The van der Waals surface area contributed by atoms with Crippen molar-refractivity contribution in [3.8, 4) is 0 Å². The number of aliphatic imine (C=N–C) groups is 1. The highest BCUT2D eigenvalue weighted by Crippen LogP contribution is 2.43. The van der Waals surface area contributed by atoms with E-state index in [2.05, 4.69) is 20.3 Å². The molecule has 158 valence electrons. The number of ether oxygens (including phenoxy) is 2. The van der Waals surface area contributed by atoms with E-state index in [0.717, 1.165) is 45.4 Å². The first kappa shape index (κ1) is 22.4. The third-order valence-electron chi connectivity index (χ3n) is 5.57. The summed E-state index contributed by atoms with van der Waals surface area (Å²) in [5, 5.41) is 6.44. The van der Waals surface area contributed by atoms with E-state index in [-0.39, 0.29) is 17.3 Å². The predicted octanol–water partition coefficient (Wildman–Crippen LogP) is 0.847. The minimum absolute atomic E-state index is 0.00156. The molecule has 1 atom stereocenters. The Morgan fingerprint density at radius 2 is 2.07 bits per heavy atom. The van der Waals surface area contributed by atoms with Gasteiger partial charge in [0.2, 0.25) is 10.0 Å². The smallest absolute Gasteiger partial charge is 0.213 e. The van der Waals surface area contributed by atoms with Crippen molar-refractivity contribution in [3.63, 3.8) is 0 Å². The van der Waals surface area contributed by atoms with Gasteiger partial charge in [-0.15, -0.1) is 0 Å². The van der Waals surface area contributed by atoms with Crippen LogP contribution in [0, 0.1) is 5.41 Å². The van der Waals surface area contributed by atoms with Crippen LogP contribution in [0.25, 0.3) is 0 Å². The third-order valence-corrected chi connectivity index (χ3v) is 6.92. The van der Waals surface area contributed by atoms with Crippen molar-refractivity contribution in [2.24, 2.45) is 10.4 Å². The van der Waals surface area contributed by atoms with Crippen LogP contribution in [0.1, 0.15) is 44.9 Å². The van der Waals surface area contributed by atoms with Gasteiger partial charge in [0.25, 0.3) is 0 Å². The highest BCUT2D eigenvalue weighted by Gasteiger charge is 2.36. The summed E-state index contributed by atoms with van der Waals surface area (Å²) >= 11 is 0. The van der Waals surface area contributed by atoms with Gasteiger partial charge in [-0.05, 0) is 43.9 Å². The second-order valence-corrected chi connectivity index (χ2v) is 9.53. The molecule has 27 heavy (non-hydrogen) atoms. The standard InChI is InChI=1S/C18H36N4O4S/c1-19-17(21-15-18(7-5-8-18)9-12-25-2)20-10-13-27(23,24)22-14-16-6-3-4-11-26-16/h16,22H,3-15H2,1-2H3,(H2,19,20,21). The number of sulfonamides is 1. The summed E-state index contributed by atoms with van der Waals surface area (Å²) in [6.45, 7) is 2.99. The Kier molecular flexibility index (Phi) is 9.28. The SMILES string of the molecule is CN=C(NCCS(=O)(=O)NCC1CCCCO1)NCC1(CCOC)CCC1. The average Bonchev–Trinajstić information content (AvgIpc) is 2.64. The summed E-state index contributed by atoms with van der Waals surface area (Å²) in [7, 11) is 0.105. The lowest BCUT2D eigenvalue weighted by atomic mass is 9.67. The Labute approximate surface area is 163 Å². The number of hydrogen-bond donors (Lipinski definition) is 3. The molecule has 0 bridgehead atoms. The molecule has 0 aromatic carbocycles. The Bertz CT molecular complexity index is 558. The van der Waals surface area contributed by atoms with Crippen LogP contribution in [0.5, 0.6) is 0 Å². The molecule has 1 aliphatic heterocycles. The Morgan fingerprint density at radius 1 is 1.26 bits per heavy atom. The van der Waals surface area contributed by atoms with Crippen LogP contribution in [0.4, 0.5) is 0 Å². The maximum atomic E-state index is 12.2. The van der Waals surface area contributed by atoms with Gasteiger partial charge < -0.3 is 20.1 Å². The molecule has 1 heterocycles. The number of hydrogen-bond acceptors (Lipinski definition) is 5. The molecule has 2 fully saturated rings. The molecule has 0 aromatic heterocycles. The van der Waals surface area contributed by atoms with Crippen LogP contribution in [0.2, 0.25) is 0 Å². The number of nitrogens with zero attached hydrogens (tertiary/aromatic N) is 1. The zero-order valence-corrected chi connectivity index (χ0v) is 17.6. The Morgan fingerprint density at radius 3 is 2.67 bits per heavy atom. The molecule has 1 saturated carbocycles. The lowest BCUT2D eigenvalue weighted by Gasteiger charge is -2.42. The van der Waals surface area contributed by atoms with Gasteiger partial charge in [-0.3, -0.25) is 4.99 Å². The van der Waals surface area contributed by atoms with E-state index in [4.69, 9.17) is 9.47 Å². The van der Waals surface area contributed by atoms with E-state index in [1.165, 1.54) is 19.3 Å². The summed E-state index contributed by atoms with van der Waals surface area (Å²) in [5.74, 6) is 0.652. The molecule has 1 aliphatic carbocycles. The van der Waals surface area contributed by atoms with Crippen molar-refractivity contribution in [1.29, 1.82) is 0 Å². The third kappa shape index (κ3) is 7.93. The molecule has 2 aliphatic rings. The molecule has 0 amide bonds. The van der Waals surface area contributed by atoms with E-state index < -0.39 is 10.0 Å². The van der Waals surface area contributed by atoms with Gasteiger partial charge in [-0.2, -0.15) is 0 Å². The zero-order chi connectivity index (χ0) is 19.6. The van der Waals surface area contributed by atoms with Gasteiger partial charge in [0, 0.05) is 47.0 Å². The average molecular weight is 405 g/mol. The van der Waals surface area contributed by atoms with Crippen molar-refractivity contribution >= 4 is 16.0 Å². The van der Waals surface area contributed by atoms with Crippen molar-refractivity contribution < 1.29 is 17.9 Å². The number of methoxy groups -OCH3 is 1. The minimum atomic E-state index is -3.33. The monoisotopic (exact) mass is 404 g/mol. The van der Waals surface area contributed by atoms with Gasteiger partial charge in [0.05, 0.1) is 11.9 Å². The minimum Gasteiger partial charge on any atom is -0.385 e. The molecule has 0 radical (unpaired) electrons. The fourth-order valence-electron chi connectivity index (χ4n) is 3.57. The first-order valence-corrected chi connectivity index (χ1v) is 11.7. The molecule has 3 N–H and O–H groups in total. The fourth-order valence-corrected chi connectivity index (χ4v) is 4.52. The Hall–Kier alpha value is -0.900. The molecule has 0 aromatic rings. The molecule has 1 unspecified atom stereocenters. The number of rotatable bonds is 11. The quantitative estimate of drug-likeness (QED) is 0.349. The lowest BCUT2D eigenvalue weighted by Crippen LogP contribution is -2.48. The summed E-state index contributed by atoms with van der Waals surface area (Å²) in [6.07, 6.45) is 7.77. The van der Waals surface area contributed by atoms with Crippen LogP contribution in [-0.4, -0.2) is 73.2 Å². The highest BCUT2D eigenvalue weighted by atomic mass is 32.2. The van der Waals surface area contributed by atoms with E-state index in [9.17, 15) is 8.42 Å². The van der Waals surface area contributed by atoms with Crippen molar-refractivity contribution in [2.75, 3.05) is 52.8 Å². The van der Waals surface area contributed by atoms with Crippen LogP contribution in [0.15, 0.2) is 4.99 Å². The summed E-state index contributed by atoms with van der Waals surface area (Å²) < 4.78 is 37.7. The Balaban J connectivity index is 1.65. The van der Waals surface area contributed by atoms with Gasteiger partial charge in [0.1, 0.15) is 0 Å². The first-order valence-electron chi connectivity index (χ1n) is 10.0. The van der Waals surface area contributed by atoms with Crippen LogP contribution in [0.3, 0.4) is 0 Å². The molecule has 1 saturated heterocycles. The maximum Gasteiger partial charge on any atom is 0.213 e. The van der Waals surface area contributed by atoms with E-state index in [0.29, 0.717) is 19.0 Å². The number of nitrogens with one attached hydrogen (secondary N) is 3. The summed E-state index contributed by atoms with van der Waals surface area (Å²) in [6, 6.07) is 0. The van der Waals surface area contributed by atoms with Crippen molar-refractivity contribution in [2.45, 2.75) is 51.0 Å². The van der Waals surface area contributed by atoms with Crippen LogP contribution >= 0.6 is 0 Å². The largest absolute Gasteiger partial charge is 0.385 e. The topological polar surface area (TPSA) is 101 Å². The number of guanidine groups is 1. The van der Waals surface area contributed by atoms with E-state index >= 15 is 0 Å². The van der Waals surface area contributed by atoms with Crippen molar-refractivity contribution in [3.05, 3.63) is 0 Å². The van der Waals surface area contributed by atoms with Gasteiger partial charge >= 0.3 is 0 Å². The molecule has 2 rings (SSSR count). The molecular formula is C18H36N4O4S. The first-order chi connectivity index (χ1) is 13.0. The normalized spacial score (nSPS) is 22.9. The van der Waals surface area contributed by atoms with Gasteiger partial charge in [0.15, 0.2) is 5.96 Å². The molecular weight excluding hydrogens is 368 g/mol. The highest BCUT2D eigenvalue weighted by molar-refractivity contribution is 7.89. The molecule has 0 spiro atoms. The summed E-state index contributed by atoms with van der Waals surface area (Å²) in [5.41, 5.74) is 0.279. The molecule has 8 nitrogen and oxygen atoms in total. The fraction of sp³-hybridized carbons (Fsp3) is 0.944. The second kappa shape index (κ2) is 11.2. The lowest BCUT2D eigenvalue weighted by molar-refractivity contribution is 0.0200. The van der Waals surface area contributed by atoms with E-state index in [1.54, 1.807) is 14.2 Å². The summed E-state index contributed by atoms with van der Waals surface area (Å²) in [4.78, 5) is 4.20. The maximum absolute atomic E-state index is 12.2. The second-order valence-electron chi connectivity index (χ2n) is 7.60. The molecule has 9 heteroatoms. The van der Waals surface area contributed by atoms with Crippen LogP contribution < -0.4 is 15.4 Å². The van der Waals surface area contributed by atoms with Gasteiger partial charge in [-0.1, -0.05) is 6.42 Å².